The molecular weight excluding hydrogens is 470 g/mol. The van der Waals surface area contributed by atoms with Crippen LogP contribution in [0.5, 0.6) is 5.75 Å². The molecule has 1 atom stereocenters. The molecule has 2 aromatic carbocycles. The summed E-state index contributed by atoms with van der Waals surface area (Å²) in [6.45, 7) is 7.08. The maximum absolute atomic E-state index is 13.2. The van der Waals surface area contributed by atoms with Crippen LogP contribution in [0.4, 0.5) is 0 Å². The van der Waals surface area contributed by atoms with Crippen molar-refractivity contribution >= 4 is 23.2 Å². The number of ether oxygens (including phenoxy) is 1. The largest absolute Gasteiger partial charge is 0.486 e. The van der Waals surface area contributed by atoms with E-state index < -0.39 is 0 Å². The van der Waals surface area contributed by atoms with Crippen molar-refractivity contribution in [2.45, 2.75) is 58.7 Å². The summed E-state index contributed by atoms with van der Waals surface area (Å²) in [4.78, 5) is 34.1. The molecule has 5 rings (SSSR count). The van der Waals surface area contributed by atoms with E-state index in [2.05, 4.69) is 53.2 Å². The van der Waals surface area contributed by atoms with Gasteiger partial charge in [-0.05, 0) is 68.9 Å². The minimum atomic E-state index is -0.110. The van der Waals surface area contributed by atoms with E-state index in [1.165, 1.54) is 22.5 Å². The summed E-state index contributed by atoms with van der Waals surface area (Å²) in [5.41, 5.74) is 5.16. The first kappa shape index (κ1) is 24.5. The van der Waals surface area contributed by atoms with E-state index in [-0.39, 0.29) is 29.8 Å². The van der Waals surface area contributed by atoms with Crippen LogP contribution in [0.3, 0.4) is 0 Å². The van der Waals surface area contributed by atoms with Crippen LogP contribution in [0.1, 0.15) is 70.5 Å². The molecule has 1 saturated carbocycles. The Balaban J connectivity index is 1.38. The Morgan fingerprint density at radius 1 is 1.19 bits per heavy atom. The second-order valence-electron chi connectivity index (χ2n) is 10.2. The van der Waals surface area contributed by atoms with E-state index in [9.17, 15) is 9.59 Å². The molecule has 6 nitrogen and oxygen atoms in total. The molecule has 2 heterocycles. The number of benzene rings is 2. The minimum absolute atomic E-state index is 0.0808. The molecule has 1 aromatic heterocycles. The fourth-order valence-electron chi connectivity index (χ4n) is 4.72. The van der Waals surface area contributed by atoms with E-state index in [1.54, 1.807) is 17.3 Å². The molecule has 1 aliphatic heterocycles. The van der Waals surface area contributed by atoms with Gasteiger partial charge in [0.1, 0.15) is 23.1 Å². The van der Waals surface area contributed by atoms with E-state index in [1.807, 2.05) is 19.9 Å². The van der Waals surface area contributed by atoms with Crippen LogP contribution in [-0.4, -0.2) is 46.2 Å². The fraction of sp³-hybridized carbons (Fsp3) is 0.414. The van der Waals surface area contributed by atoms with Gasteiger partial charge in [0.2, 0.25) is 5.91 Å². The van der Waals surface area contributed by atoms with Crippen LogP contribution >= 0.6 is 11.3 Å². The third kappa shape index (κ3) is 5.03. The van der Waals surface area contributed by atoms with Crippen molar-refractivity contribution in [1.82, 2.24) is 14.8 Å². The van der Waals surface area contributed by atoms with E-state index >= 15 is 0 Å². The number of aromatic nitrogens is 1. The fourth-order valence-corrected chi connectivity index (χ4v) is 5.40. The number of amides is 2. The van der Waals surface area contributed by atoms with Crippen molar-refractivity contribution in [3.63, 3.8) is 0 Å². The molecule has 1 aliphatic carbocycles. The Labute approximate surface area is 216 Å². The van der Waals surface area contributed by atoms with Crippen LogP contribution in [-0.2, 0) is 17.8 Å². The number of fused-ring (bicyclic) bond motifs is 1. The van der Waals surface area contributed by atoms with Crippen LogP contribution in [0.2, 0.25) is 0 Å². The van der Waals surface area contributed by atoms with Gasteiger partial charge in [0.15, 0.2) is 0 Å². The zero-order chi connectivity index (χ0) is 25.4. The average molecular weight is 504 g/mol. The van der Waals surface area contributed by atoms with Crippen molar-refractivity contribution in [2.75, 3.05) is 13.6 Å². The number of thiazole rings is 1. The molecule has 3 aromatic rings. The summed E-state index contributed by atoms with van der Waals surface area (Å²) in [5, 5.41) is 2.55. The standard InChI is InChI=1S/C29H33N3O3S/c1-18(2)31(4)29(34)25-17-36-26(30-25)16-35-23-11-10-20-12-13-32(28(33)21-8-9-21)27(24(20)15-23)22-7-5-6-19(3)14-22/h5-7,10-11,14-15,17-18,21,27H,8-9,12-13,16H2,1-4H3. The lowest BCUT2D eigenvalue weighted by molar-refractivity contribution is -0.134. The van der Waals surface area contributed by atoms with Gasteiger partial charge in [0.05, 0.1) is 6.04 Å². The Hall–Kier alpha value is -3.19. The highest BCUT2D eigenvalue weighted by Crippen LogP contribution is 2.41. The third-order valence-electron chi connectivity index (χ3n) is 7.14. The number of rotatable bonds is 7. The topological polar surface area (TPSA) is 62.7 Å². The summed E-state index contributed by atoms with van der Waals surface area (Å²) < 4.78 is 6.14. The van der Waals surface area contributed by atoms with E-state index in [4.69, 9.17) is 4.74 Å². The quantitative estimate of drug-likeness (QED) is 0.433. The number of hydrogen-bond acceptors (Lipinski definition) is 5. The van der Waals surface area contributed by atoms with Crippen LogP contribution in [0.25, 0.3) is 0 Å². The Kier molecular flexibility index (Phi) is 6.84. The van der Waals surface area contributed by atoms with E-state index in [0.29, 0.717) is 12.3 Å². The molecular formula is C29H33N3O3S. The lowest BCUT2D eigenvalue weighted by atomic mass is 9.87. The molecule has 7 heteroatoms. The average Bonchev–Trinajstić information content (AvgIpc) is 3.62. The molecule has 0 saturated heterocycles. The third-order valence-corrected chi connectivity index (χ3v) is 7.96. The minimum Gasteiger partial charge on any atom is -0.486 e. The Morgan fingerprint density at radius 2 is 2.00 bits per heavy atom. The normalized spacial score (nSPS) is 17.1. The molecule has 0 bridgehead atoms. The first-order chi connectivity index (χ1) is 17.3. The summed E-state index contributed by atoms with van der Waals surface area (Å²) in [7, 11) is 1.79. The molecule has 1 unspecified atom stereocenters. The molecule has 1 fully saturated rings. The maximum atomic E-state index is 13.2. The van der Waals surface area contributed by atoms with Gasteiger partial charge < -0.3 is 14.5 Å². The number of carbonyl (C=O) groups is 2. The van der Waals surface area contributed by atoms with Gasteiger partial charge in [-0.25, -0.2) is 4.98 Å². The number of hydrogen-bond donors (Lipinski definition) is 0. The first-order valence-electron chi connectivity index (χ1n) is 12.7. The van der Waals surface area contributed by atoms with Crippen LogP contribution in [0, 0.1) is 12.8 Å². The van der Waals surface area contributed by atoms with Gasteiger partial charge in [-0.1, -0.05) is 35.9 Å². The molecule has 2 aliphatic rings. The predicted molar refractivity (Wildman–Crippen MR) is 141 cm³/mol. The summed E-state index contributed by atoms with van der Waals surface area (Å²) in [6, 6.07) is 14.7. The van der Waals surface area contributed by atoms with Gasteiger partial charge in [-0.2, -0.15) is 0 Å². The van der Waals surface area contributed by atoms with Crippen molar-refractivity contribution < 1.29 is 14.3 Å². The zero-order valence-corrected chi connectivity index (χ0v) is 22.2. The summed E-state index contributed by atoms with van der Waals surface area (Å²) >= 11 is 1.43. The maximum Gasteiger partial charge on any atom is 0.273 e. The highest BCUT2D eigenvalue weighted by atomic mass is 32.1. The SMILES string of the molecule is Cc1cccc(C2c3cc(OCc4nc(C(=O)N(C)C(C)C)cs4)ccc3CCN2C(=O)C2CC2)c1. The number of aryl methyl sites for hydroxylation is 1. The first-order valence-corrected chi connectivity index (χ1v) is 13.5. The predicted octanol–water partition coefficient (Wildman–Crippen LogP) is 5.40. The smallest absolute Gasteiger partial charge is 0.273 e. The van der Waals surface area contributed by atoms with Crippen molar-refractivity contribution in [1.29, 1.82) is 0 Å². The molecule has 0 spiro atoms. The van der Waals surface area contributed by atoms with Crippen molar-refractivity contribution in [2.24, 2.45) is 5.92 Å². The van der Waals surface area contributed by atoms with Gasteiger partial charge in [-0.15, -0.1) is 11.3 Å². The van der Waals surface area contributed by atoms with Gasteiger partial charge in [0.25, 0.3) is 5.91 Å². The monoisotopic (exact) mass is 503 g/mol. The molecule has 2 amide bonds. The second-order valence-corrected chi connectivity index (χ2v) is 11.1. The molecule has 0 radical (unpaired) electrons. The van der Waals surface area contributed by atoms with Crippen molar-refractivity contribution in [3.8, 4) is 5.75 Å². The van der Waals surface area contributed by atoms with Crippen LogP contribution < -0.4 is 4.74 Å². The number of carbonyl (C=O) groups excluding carboxylic acids is 2. The van der Waals surface area contributed by atoms with Gasteiger partial charge in [0, 0.05) is 30.9 Å². The summed E-state index contributed by atoms with van der Waals surface area (Å²) in [6.07, 6.45) is 2.84. The highest BCUT2D eigenvalue weighted by molar-refractivity contribution is 7.09. The Morgan fingerprint density at radius 3 is 2.72 bits per heavy atom. The highest BCUT2D eigenvalue weighted by Gasteiger charge is 2.39. The Bertz CT molecular complexity index is 1280. The molecule has 0 N–H and O–H groups in total. The van der Waals surface area contributed by atoms with Gasteiger partial charge >= 0.3 is 0 Å². The zero-order valence-electron chi connectivity index (χ0n) is 21.4. The van der Waals surface area contributed by atoms with E-state index in [0.717, 1.165) is 47.7 Å². The molecule has 188 valence electrons. The second kappa shape index (κ2) is 10.1. The lowest BCUT2D eigenvalue weighted by Gasteiger charge is -2.38. The lowest BCUT2D eigenvalue weighted by Crippen LogP contribution is -2.41. The van der Waals surface area contributed by atoms with Gasteiger partial charge in [-0.3, -0.25) is 9.59 Å². The number of nitrogens with zero attached hydrogens (tertiary/aromatic N) is 3. The molecule has 36 heavy (non-hydrogen) atoms. The van der Waals surface area contributed by atoms with Crippen molar-refractivity contribution in [3.05, 3.63) is 80.8 Å². The summed E-state index contributed by atoms with van der Waals surface area (Å²) in [5.74, 6) is 1.11. The van der Waals surface area contributed by atoms with Crippen LogP contribution in [0.15, 0.2) is 47.8 Å².